The molecule has 2 aromatic carbocycles. The molecule has 0 aliphatic heterocycles. The molecule has 0 aromatic heterocycles. The first-order chi connectivity index (χ1) is 10.8. The van der Waals surface area contributed by atoms with Crippen LogP contribution in [0.1, 0.15) is 36.5 Å². The maximum Gasteiger partial charge on any atom is 0.122 e. The quantitative estimate of drug-likeness (QED) is 0.822. The van der Waals surface area contributed by atoms with Gasteiger partial charge in [-0.3, -0.25) is 0 Å². The number of benzene rings is 2. The van der Waals surface area contributed by atoms with Gasteiger partial charge in [-0.1, -0.05) is 30.3 Å². The molecule has 0 saturated carbocycles. The number of ether oxygens (including phenoxy) is 2. The Kier molecular flexibility index (Phi) is 4.96. The molecule has 0 spiro atoms. The van der Waals surface area contributed by atoms with Gasteiger partial charge in [0.05, 0.1) is 19.3 Å². The van der Waals surface area contributed by atoms with Crippen LogP contribution in [0.2, 0.25) is 0 Å². The van der Waals surface area contributed by atoms with Gasteiger partial charge in [-0.15, -0.1) is 0 Å². The van der Waals surface area contributed by atoms with Gasteiger partial charge < -0.3 is 14.6 Å². The summed E-state index contributed by atoms with van der Waals surface area (Å²) in [7, 11) is 0. The topological polar surface area (TPSA) is 38.7 Å². The lowest BCUT2D eigenvalue weighted by Crippen LogP contribution is -2.12. The molecule has 1 aliphatic rings. The molecule has 0 amide bonds. The molecule has 2 aromatic rings. The highest BCUT2D eigenvalue weighted by atomic mass is 16.5. The van der Waals surface area contributed by atoms with Gasteiger partial charge in [0.25, 0.3) is 0 Å². The summed E-state index contributed by atoms with van der Waals surface area (Å²) in [6.07, 6.45) is 3.35. The van der Waals surface area contributed by atoms with E-state index >= 15 is 0 Å². The highest BCUT2D eigenvalue weighted by molar-refractivity contribution is 5.42. The molecular weight excluding hydrogens is 276 g/mol. The SMILES string of the molecule is OC1CCCc2c(OCCCOc3ccccc3)cccc21. The predicted molar refractivity (Wildman–Crippen MR) is 86.4 cm³/mol. The van der Waals surface area contributed by atoms with Crippen LogP contribution in [0, 0.1) is 0 Å². The molecule has 3 nitrogen and oxygen atoms in total. The molecule has 0 radical (unpaired) electrons. The van der Waals surface area contributed by atoms with Gasteiger partial charge in [-0.05, 0) is 48.6 Å². The van der Waals surface area contributed by atoms with E-state index in [4.69, 9.17) is 9.47 Å². The number of para-hydroxylation sites is 1. The maximum atomic E-state index is 10.0. The van der Waals surface area contributed by atoms with Crippen LogP contribution in [-0.4, -0.2) is 18.3 Å². The van der Waals surface area contributed by atoms with E-state index in [-0.39, 0.29) is 6.10 Å². The highest BCUT2D eigenvalue weighted by Gasteiger charge is 2.20. The van der Waals surface area contributed by atoms with Crippen molar-refractivity contribution in [3.8, 4) is 11.5 Å². The van der Waals surface area contributed by atoms with Crippen molar-refractivity contribution in [2.24, 2.45) is 0 Å². The largest absolute Gasteiger partial charge is 0.493 e. The van der Waals surface area contributed by atoms with Gasteiger partial charge in [0.15, 0.2) is 0 Å². The molecule has 0 heterocycles. The van der Waals surface area contributed by atoms with Crippen LogP contribution in [-0.2, 0) is 6.42 Å². The Hall–Kier alpha value is -2.00. The third-order valence-corrected chi connectivity index (χ3v) is 3.99. The van der Waals surface area contributed by atoms with Crippen LogP contribution in [0.15, 0.2) is 48.5 Å². The third-order valence-electron chi connectivity index (χ3n) is 3.99. The number of aliphatic hydroxyl groups is 1. The second kappa shape index (κ2) is 7.32. The number of fused-ring (bicyclic) bond motifs is 1. The molecule has 116 valence electrons. The maximum absolute atomic E-state index is 10.0. The van der Waals surface area contributed by atoms with Crippen molar-refractivity contribution in [3.05, 3.63) is 59.7 Å². The minimum atomic E-state index is -0.339. The number of hydrogen-bond acceptors (Lipinski definition) is 3. The zero-order valence-electron chi connectivity index (χ0n) is 12.7. The van der Waals surface area contributed by atoms with Crippen LogP contribution < -0.4 is 9.47 Å². The van der Waals surface area contributed by atoms with E-state index in [0.29, 0.717) is 13.2 Å². The predicted octanol–water partition coefficient (Wildman–Crippen LogP) is 3.90. The van der Waals surface area contributed by atoms with E-state index in [0.717, 1.165) is 42.7 Å². The van der Waals surface area contributed by atoms with Crippen molar-refractivity contribution in [1.82, 2.24) is 0 Å². The molecule has 1 N–H and O–H groups in total. The number of rotatable bonds is 6. The van der Waals surface area contributed by atoms with Gasteiger partial charge in [0.1, 0.15) is 11.5 Å². The Balaban J connectivity index is 1.49. The van der Waals surface area contributed by atoms with E-state index < -0.39 is 0 Å². The molecule has 3 rings (SSSR count). The first-order valence-corrected chi connectivity index (χ1v) is 7.95. The average molecular weight is 298 g/mol. The lowest BCUT2D eigenvalue weighted by atomic mass is 9.89. The van der Waals surface area contributed by atoms with Crippen LogP contribution in [0.4, 0.5) is 0 Å². The third kappa shape index (κ3) is 3.60. The van der Waals surface area contributed by atoms with Gasteiger partial charge in [0.2, 0.25) is 0 Å². The van der Waals surface area contributed by atoms with E-state index in [1.807, 2.05) is 48.5 Å². The molecular formula is C19H22O3. The molecule has 0 saturated heterocycles. The fourth-order valence-electron chi connectivity index (χ4n) is 2.87. The van der Waals surface area contributed by atoms with Crippen molar-refractivity contribution >= 4 is 0 Å². The Morgan fingerprint density at radius 3 is 2.64 bits per heavy atom. The molecule has 1 atom stereocenters. The summed E-state index contributed by atoms with van der Waals surface area (Å²) in [5.41, 5.74) is 2.20. The summed E-state index contributed by atoms with van der Waals surface area (Å²) in [6, 6.07) is 15.8. The summed E-state index contributed by atoms with van der Waals surface area (Å²) in [5, 5.41) is 10.0. The zero-order valence-corrected chi connectivity index (χ0v) is 12.7. The van der Waals surface area contributed by atoms with E-state index in [1.165, 1.54) is 5.56 Å². The zero-order chi connectivity index (χ0) is 15.2. The van der Waals surface area contributed by atoms with Crippen molar-refractivity contribution in [2.75, 3.05) is 13.2 Å². The van der Waals surface area contributed by atoms with Crippen molar-refractivity contribution in [2.45, 2.75) is 31.8 Å². The van der Waals surface area contributed by atoms with Crippen molar-refractivity contribution in [1.29, 1.82) is 0 Å². The van der Waals surface area contributed by atoms with Crippen LogP contribution in [0.5, 0.6) is 11.5 Å². The second-order valence-electron chi connectivity index (χ2n) is 5.60. The Bertz CT molecular complexity index is 595. The fourth-order valence-corrected chi connectivity index (χ4v) is 2.87. The number of aliphatic hydroxyl groups excluding tert-OH is 1. The van der Waals surface area contributed by atoms with Crippen LogP contribution >= 0.6 is 0 Å². The first-order valence-electron chi connectivity index (χ1n) is 7.95. The Labute approximate surface area is 131 Å². The van der Waals surface area contributed by atoms with Gasteiger partial charge in [-0.2, -0.15) is 0 Å². The number of hydrogen-bond donors (Lipinski definition) is 1. The van der Waals surface area contributed by atoms with Gasteiger partial charge >= 0.3 is 0 Å². The molecule has 1 unspecified atom stereocenters. The first kappa shape index (κ1) is 14.9. The van der Waals surface area contributed by atoms with Crippen LogP contribution in [0.25, 0.3) is 0 Å². The molecule has 3 heteroatoms. The monoisotopic (exact) mass is 298 g/mol. The van der Waals surface area contributed by atoms with Gasteiger partial charge in [-0.25, -0.2) is 0 Å². The summed E-state index contributed by atoms with van der Waals surface area (Å²) in [6.45, 7) is 1.26. The summed E-state index contributed by atoms with van der Waals surface area (Å²) >= 11 is 0. The lowest BCUT2D eigenvalue weighted by Gasteiger charge is -2.23. The highest BCUT2D eigenvalue weighted by Crippen LogP contribution is 2.35. The normalized spacial score (nSPS) is 16.9. The summed E-state index contributed by atoms with van der Waals surface area (Å²) in [5.74, 6) is 1.80. The minimum Gasteiger partial charge on any atom is -0.493 e. The van der Waals surface area contributed by atoms with E-state index in [2.05, 4.69) is 0 Å². The van der Waals surface area contributed by atoms with E-state index in [1.54, 1.807) is 0 Å². The van der Waals surface area contributed by atoms with Crippen molar-refractivity contribution in [3.63, 3.8) is 0 Å². The second-order valence-corrected chi connectivity index (χ2v) is 5.60. The standard InChI is InChI=1S/C19H22O3/c20-18-11-4-10-17-16(18)9-5-12-19(17)22-14-6-13-21-15-7-2-1-3-8-15/h1-3,5,7-9,12,18,20H,4,6,10-11,13-14H2. The lowest BCUT2D eigenvalue weighted by molar-refractivity contribution is 0.155. The summed E-state index contributed by atoms with van der Waals surface area (Å²) in [4.78, 5) is 0. The Morgan fingerprint density at radius 1 is 0.955 bits per heavy atom. The molecule has 0 bridgehead atoms. The van der Waals surface area contributed by atoms with Crippen LogP contribution in [0.3, 0.4) is 0 Å². The van der Waals surface area contributed by atoms with Crippen molar-refractivity contribution < 1.29 is 14.6 Å². The fraction of sp³-hybridized carbons (Fsp3) is 0.368. The average Bonchev–Trinajstić information content (AvgIpc) is 2.56. The van der Waals surface area contributed by atoms with Gasteiger partial charge in [0, 0.05) is 6.42 Å². The minimum absolute atomic E-state index is 0.339. The smallest absolute Gasteiger partial charge is 0.122 e. The molecule has 22 heavy (non-hydrogen) atoms. The molecule has 1 aliphatic carbocycles. The van der Waals surface area contributed by atoms with E-state index in [9.17, 15) is 5.11 Å². The summed E-state index contributed by atoms with van der Waals surface area (Å²) < 4.78 is 11.6. The Morgan fingerprint density at radius 2 is 1.77 bits per heavy atom. The molecule has 0 fully saturated rings.